The summed E-state index contributed by atoms with van der Waals surface area (Å²) >= 11 is 0. The molecule has 1 unspecified atom stereocenters. The third kappa shape index (κ3) is 1.85. The molecule has 1 aliphatic heterocycles. The van der Waals surface area contributed by atoms with E-state index in [1.807, 2.05) is 0 Å². The van der Waals surface area contributed by atoms with Gasteiger partial charge in [0.15, 0.2) is 0 Å². The number of alkyl halides is 6. The number of rotatable bonds is 0. The van der Waals surface area contributed by atoms with E-state index in [1.54, 1.807) is 0 Å². The molecule has 1 heterocycles. The van der Waals surface area contributed by atoms with Gasteiger partial charge in [0, 0.05) is 0 Å². The molecule has 0 radical (unpaired) electrons. The molecular weight excluding hydrogens is 244 g/mol. The van der Waals surface area contributed by atoms with Gasteiger partial charge in [-0.05, 0) is 0 Å². The molecule has 1 rings (SSSR count). The van der Waals surface area contributed by atoms with Gasteiger partial charge in [-0.25, -0.2) is 4.74 Å². The summed E-state index contributed by atoms with van der Waals surface area (Å²) in [6, 6.07) is -5.27. The van der Waals surface area contributed by atoms with E-state index in [-0.39, 0.29) is 0 Å². The van der Waals surface area contributed by atoms with Crippen molar-refractivity contribution in [2.75, 3.05) is 0 Å². The van der Waals surface area contributed by atoms with Gasteiger partial charge in [-0.3, -0.25) is 0 Å². The predicted molar refractivity (Wildman–Crippen MR) is 26.3 cm³/mol. The van der Waals surface area contributed by atoms with Crippen LogP contribution in [-0.4, -0.2) is 18.3 Å². The van der Waals surface area contributed by atoms with Crippen LogP contribution in [0.2, 0.25) is 0 Å². The van der Waals surface area contributed by atoms with Crippen molar-refractivity contribution in [2.45, 2.75) is 18.3 Å². The lowest BCUT2D eigenvalue weighted by Crippen LogP contribution is -2.43. The number of hydrogen-bond acceptors (Lipinski definition) is 2. The Morgan fingerprint density at radius 3 is 1.73 bits per heavy atom. The Morgan fingerprint density at radius 1 is 1.07 bits per heavy atom. The summed E-state index contributed by atoms with van der Waals surface area (Å²) in [6.45, 7) is 0. The molecule has 10 heteroatoms. The van der Waals surface area contributed by atoms with Crippen LogP contribution in [0.4, 0.5) is 35.1 Å². The minimum Gasteiger partial charge on any atom is -0.418 e. The van der Waals surface area contributed by atoms with Gasteiger partial charge in [-0.15, -0.1) is 0 Å². The van der Waals surface area contributed by atoms with Crippen molar-refractivity contribution >= 4 is 0 Å². The van der Waals surface area contributed by atoms with Gasteiger partial charge >= 0.3 is 24.4 Å². The van der Waals surface area contributed by atoms with Crippen LogP contribution in [0.3, 0.4) is 0 Å². The highest BCUT2D eigenvalue weighted by Gasteiger charge is 2.73. The summed E-state index contributed by atoms with van der Waals surface area (Å²) in [4.78, 5) is 0. The molecule has 0 aliphatic carbocycles. The number of halogens is 8. The van der Waals surface area contributed by atoms with Crippen LogP contribution in [-0.2, 0) is 9.47 Å². The Bertz CT molecular complexity index is 303. The van der Waals surface area contributed by atoms with Crippen molar-refractivity contribution < 1.29 is 44.6 Å². The molecule has 0 N–H and O–H groups in total. The van der Waals surface area contributed by atoms with Gasteiger partial charge in [-0.2, -0.15) is 35.1 Å². The molecule has 15 heavy (non-hydrogen) atoms. The zero-order valence-electron chi connectivity index (χ0n) is 6.34. The molecule has 0 amide bonds. The molecule has 1 atom stereocenters. The first-order valence-electron chi connectivity index (χ1n) is 3.08. The average Bonchev–Trinajstić information content (AvgIpc) is 2.20. The second-order valence-corrected chi connectivity index (χ2v) is 2.34. The predicted octanol–water partition coefficient (Wildman–Crippen LogP) is 2.92. The molecule has 0 aromatic rings. The monoisotopic (exact) mass is 244 g/mol. The zero-order chi connectivity index (χ0) is 12.1. The molecule has 0 saturated carbocycles. The average molecular weight is 244 g/mol. The standard InChI is InChI=1S/C5F8O2/c6-2(7)1-3(8,9)15-5(13,14-1)4(10,11)12. The molecule has 1 saturated heterocycles. The molecule has 0 aromatic carbocycles. The maximum absolute atomic E-state index is 12.5. The molecule has 0 spiro atoms. The number of ether oxygens (including phenoxy) is 2. The molecule has 88 valence electrons. The van der Waals surface area contributed by atoms with Crippen LogP contribution >= 0.6 is 0 Å². The lowest BCUT2D eigenvalue weighted by atomic mass is 10.5. The van der Waals surface area contributed by atoms with E-state index in [2.05, 4.69) is 9.47 Å². The largest absolute Gasteiger partial charge is 0.491 e. The van der Waals surface area contributed by atoms with Crippen molar-refractivity contribution in [1.82, 2.24) is 0 Å². The van der Waals surface area contributed by atoms with Crippen molar-refractivity contribution in [3.8, 4) is 0 Å². The fourth-order valence-electron chi connectivity index (χ4n) is 0.687. The van der Waals surface area contributed by atoms with Gasteiger partial charge in [-0.1, -0.05) is 0 Å². The summed E-state index contributed by atoms with van der Waals surface area (Å²) in [7, 11) is 0. The van der Waals surface area contributed by atoms with Crippen molar-refractivity contribution in [2.24, 2.45) is 0 Å². The van der Waals surface area contributed by atoms with Crippen molar-refractivity contribution in [1.29, 1.82) is 0 Å². The van der Waals surface area contributed by atoms with Crippen LogP contribution in [0.25, 0.3) is 0 Å². The zero-order valence-corrected chi connectivity index (χ0v) is 6.34. The second kappa shape index (κ2) is 2.97. The van der Waals surface area contributed by atoms with E-state index in [4.69, 9.17) is 0 Å². The lowest BCUT2D eigenvalue weighted by Gasteiger charge is -2.19. The molecular formula is C5F8O2. The molecule has 2 nitrogen and oxygen atoms in total. The maximum atomic E-state index is 12.5. The lowest BCUT2D eigenvalue weighted by molar-refractivity contribution is -0.430. The Hall–Kier alpha value is -1.06. The Balaban J connectivity index is 3.13. The fourth-order valence-corrected chi connectivity index (χ4v) is 0.687. The molecule has 0 bridgehead atoms. The first-order chi connectivity index (χ1) is 6.50. The van der Waals surface area contributed by atoms with Gasteiger partial charge in [0.2, 0.25) is 0 Å². The highest BCUT2D eigenvalue weighted by atomic mass is 19.4. The minimum absolute atomic E-state index is 2.49. The minimum atomic E-state index is -6.02. The number of hydrogen-bond donors (Lipinski definition) is 0. The van der Waals surface area contributed by atoms with E-state index < -0.39 is 30.2 Å². The topological polar surface area (TPSA) is 18.5 Å². The summed E-state index contributed by atoms with van der Waals surface area (Å²) < 4.78 is 101. The van der Waals surface area contributed by atoms with Gasteiger partial charge in [0.1, 0.15) is 0 Å². The SMILES string of the molecule is FC(F)=C1OC(F)(C(F)(F)F)OC1(F)F. The van der Waals surface area contributed by atoms with Crippen molar-refractivity contribution in [3.05, 3.63) is 11.8 Å². The second-order valence-electron chi connectivity index (χ2n) is 2.34. The third-order valence-electron chi connectivity index (χ3n) is 1.27. The highest BCUT2D eigenvalue weighted by Crippen LogP contribution is 2.51. The Labute approximate surface area is 76.1 Å². The van der Waals surface area contributed by atoms with Gasteiger partial charge < -0.3 is 4.74 Å². The van der Waals surface area contributed by atoms with Crippen molar-refractivity contribution in [3.63, 3.8) is 0 Å². The van der Waals surface area contributed by atoms with Crippen LogP contribution in [0.5, 0.6) is 0 Å². The Kier molecular flexibility index (Phi) is 2.38. The van der Waals surface area contributed by atoms with Gasteiger partial charge in [0.05, 0.1) is 0 Å². The van der Waals surface area contributed by atoms with Crippen LogP contribution in [0.1, 0.15) is 0 Å². The van der Waals surface area contributed by atoms with E-state index in [0.29, 0.717) is 0 Å². The first kappa shape index (κ1) is 12.0. The Morgan fingerprint density at radius 2 is 1.53 bits per heavy atom. The molecule has 1 aliphatic rings. The van der Waals surface area contributed by atoms with E-state index in [9.17, 15) is 35.1 Å². The normalized spacial score (nSPS) is 30.3. The highest BCUT2D eigenvalue weighted by molar-refractivity contribution is 5.07. The fraction of sp³-hybridized carbons (Fsp3) is 0.600. The summed E-state index contributed by atoms with van der Waals surface area (Å²) in [5, 5.41) is 0. The van der Waals surface area contributed by atoms with E-state index in [0.717, 1.165) is 0 Å². The maximum Gasteiger partial charge on any atom is 0.491 e. The third-order valence-corrected chi connectivity index (χ3v) is 1.27. The quantitative estimate of drug-likeness (QED) is 0.610. The molecule has 1 fully saturated rings. The van der Waals surface area contributed by atoms with Crippen LogP contribution < -0.4 is 0 Å². The summed E-state index contributed by atoms with van der Waals surface area (Å²) in [5.74, 6) is -2.79. The summed E-state index contributed by atoms with van der Waals surface area (Å²) in [5.41, 5.74) is 0. The van der Waals surface area contributed by atoms with Crippen LogP contribution in [0, 0.1) is 0 Å². The van der Waals surface area contributed by atoms with E-state index in [1.165, 1.54) is 0 Å². The van der Waals surface area contributed by atoms with E-state index >= 15 is 0 Å². The molecule has 0 aromatic heterocycles. The summed E-state index contributed by atoms with van der Waals surface area (Å²) in [6.07, 6.45) is -14.5. The first-order valence-corrected chi connectivity index (χ1v) is 3.08. The van der Waals surface area contributed by atoms with Gasteiger partial charge in [0.25, 0.3) is 5.76 Å². The van der Waals surface area contributed by atoms with Crippen LogP contribution in [0.15, 0.2) is 11.8 Å². The smallest absolute Gasteiger partial charge is 0.418 e.